The first-order valence-corrected chi connectivity index (χ1v) is 16.1. The van der Waals surface area contributed by atoms with Gasteiger partial charge >= 0.3 is 0 Å². The van der Waals surface area contributed by atoms with Crippen LogP contribution in [0.4, 0.5) is 0 Å². The fourth-order valence-electron chi connectivity index (χ4n) is 10.3. The predicted molar refractivity (Wildman–Crippen MR) is 174 cm³/mol. The molecule has 0 saturated heterocycles. The third kappa shape index (κ3) is 3.00. The van der Waals surface area contributed by atoms with E-state index in [1.165, 1.54) is 81.9 Å². The minimum absolute atomic E-state index is 0.106. The van der Waals surface area contributed by atoms with Crippen molar-refractivity contribution in [3.05, 3.63) is 125 Å². The second-order valence-electron chi connectivity index (χ2n) is 13.5. The summed E-state index contributed by atoms with van der Waals surface area (Å²) in [7, 11) is 0. The van der Waals surface area contributed by atoms with Crippen molar-refractivity contribution in [2.75, 3.05) is 0 Å². The first-order valence-electron chi connectivity index (χ1n) is 15.7. The molecule has 4 bridgehead atoms. The van der Waals surface area contributed by atoms with Gasteiger partial charge in [0.1, 0.15) is 0 Å². The second-order valence-corrected chi connectivity index (χ2v) is 14.0. The molecule has 5 aromatic carbocycles. The van der Waals surface area contributed by atoms with Crippen LogP contribution in [0.5, 0.6) is 0 Å². The average molecular weight is 562 g/mol. The Kier molecular flexibility index (Phi) is 4.74. The van der Waals surface area contributed by atoms with Gasteiger partial charge in [0, 0.05) is 26.9 Å². The van der Waals surface area contributed by atoms with Gasteiger partial charge < -0.3 is 4.57 Å². The lowest BCUT2D eigenvalue weighted by Gasteiger charge is -2.61. The maximum Gasteiger partial charge on any atom is 0.0541 e. The van der Waals surface area contributed by atoms with Crippen LogP contribution in [0.3, 0.4) is 0 Å². The molecular formula is C40H32ClN. The number of fused-ring (bicyclic) bond motifs is 6. The van der Waals surface area contributed by atoms with Crippen LogP contribution in [-0.2, 0) is 5.41 Å². The molecule has 5 aliphatic carbocycles. The molecular weight excluding hydrogens is 530 g/mol. The maximum absolute atomic E-state index is 6.28. The first-order chi connectivity index (χ1) is 20.7. The summed E-state index contributed by atoms with van der Waals surface area (Å²) in [6.45, 7) is 0. The van der Waals surface area contributed by atoms with Crippen LogP contribution < -0.4 is 0 Å². The van der Waals surface area contributed by atoms with E-state index in [2.05, 4.69) is 102 Å². The smallest absolute Gasteiger partial charge is 0.0541 e. The number of benzene rings is 5. The average Bonchev–Trinajstić information content (AvgIpc) is 3.50. The number of nitrogens with zero attached hydrogens (tertiary/aromatic N) is 1. The fraction of sp³-hybridized carbons (Fsp3) is 0.250. The molecule has 0 unspecified atom stereocenters. The minimum atomic E-state index is 0.106. The molecule has 5 aliphatic rings. The molecule has 6 aromatic rings. The van der Waals surface area contributed by atoms with E-state index in [0.717, 1.165) is 28.7 Å². The summed E-state index contributed by atoms with van der Waals surface area (Å²) in [6.07, 6.45) is 7.01. The molecule has 1 nitrogen and oxygen atoms in total. The minimum Gasteiger partial charge on any atom is -0.309 e. The van der Waals surface area contributed by atoms with Gasteiger partial charge in [0.15, 0.2) is 0 Å². The highest BCUT2D eigenvalue weighted by Gasteiger charge is 2.61. The largest absolute Gasteiger partial charge is 0.309 e. The number of rotatable bonds is 2. The molecule has 2 heteroatoms. The summed E-state index contributed by atoms with van der Waals surface area (Å²) in [6, 6.07) is 41.0. The number of hydrogen-bond acceptors (Lipinski definition) is 0. The van der Waals surface area contributed by atoms with Crippen LogP contribution >= 0.6 is 11.6 Å². The van der Waals surface area contributed by atoms with Crippen molar-refractivity contribution in [1.29, 1.82) is 0 Å². The summed E-state index contributed by atoms with van der Waals surface area (Å²) in [5.74, 6) is 3.29. The van der Waals surface area contributed by atoms with E-state index < -0.39 is 0 Å². The summed E-state index contributed by atoms with van der Waals surface area (Å²) >= 11 is 6.28. The van der Waals surface area contributed by atoms with Crippen LogP contribution in [-0.4, -0.2) is 4.57 Å². The van der Waals surface area contributed by atoms with Gasteiger partial charge in [-0.15, -0.1) is 0 Å². The number of hydrogen-bond donors (Lipinski definition) is 0. The van der Waals surface area contributed by atoms with Gasteiger partial charge in [-0.1, -0.05) is 78.3 Å². The van der Waals surface area contributed by atoms with Gasteiger partial charge in [0.05, 0.1) is 11.0 Å². The number of para-hydroxylation sites is 2. The molecule has 11 rings (SSSR count). The zero-order valence-electron chi connectivity index (χ0n) is 23.6. The summed E-state index contributed by atoms with van der Waals surface area (Å²) in [5, 5.41) is 3.45. The predicted octanol–water partition coefficient (Wildman–Crippen LogP) is 10.8. The third-order valence-corrected chi connectivity index (χ3v) is 11.9. The van der Waals surface area contributed by atoms with Crippen molar-refractivity contribution in [2.24, 2.45) is 23.7 Å². The number of aromatic nitrogens is 1. The SMILES string of the molecule is Clc1ccc(-c2ccc3c(c2)C2(c4cc(-n5c6ccccc6c6ccccc65)ccc4-3)C3CC4CC(C3)CC2C4)cc1. The van der Waals surface area contributed by atoms with E-state index in [-0.39, 0.29) is 5.41 Å². The number of halogens is 1. The fourth-order valence-corrected chi connectivity index (χ4v) is 10.5. The Morgan fingerprint density at radius 1 is 0.548 bits per heavy atom. The Balaban J connectivity index is 1.24. The van der Waals surface area contributed by atoms with Gasteiger partial charge in [-0.25, -0.2) is 0 Å². The zero-order valence-corrected chi connectivity index (χ0v) is 24.3. The van der Waals surface area contributed by atoms with E-state index in [1.54, 1.807) is 11.1 Å². The Bertz CT molecular complexity index is 1980. The van der Waals surface area contributed by atoms with Crippen LogP contribution in [0.1, 0.15) is 43.2 Å². The lowest BCUT2D eigenvalue weighted by molar-refractivity contribution is -0.0399. The van der Waals surface area contributed by atoms with Crippen molar-refractivity contribution in [2.45, 2.75) is 37.5 Å². The summed E-state index contributed by atoms with van der Waals surface area (Å²) < 4.78 is 2.51. The second kappa shape index (κ2) is 8.39. The molecule has 0 radical (unpaired) electrons. The monoisotopic (exact) mass is 561 g/mol. The Morgan fingerprint density at radius 3 is 1.74 bits per heavy atom. The van der Waals surface area contributed by atoms with Crippen molar-refractivity contribution < 1.29 is 0 Å². The van der Waals surface area contributed by atoms with Gasteiger partial charge in [-0.2, -0.15) is 0 Å². The molecule has 1 spiro atoms. The van der Waals surface area contributed by atoms with E-state index in [9.17, 15) is 0 Å². The Labute approximate surface area is 251 Å². The van der Waals surface area contributed by atoms with E-state index in [4.69, 9.17) is 11.6 Å². The quantitative estimate of drug-likeness (QED) is 0.198. The molecule has 42 heavy (non-hydrogen) atoms. The molecule has 0 aliphatic heterocycles. The molecule has 1 heterocycles. The van der Waals surface area contributed by atoms with Crippen LogP contribution in [0.15, 0.2) is 109 Å². The van der Waals surface area contributed by atoms with Gasteiger partial charge in [0.2, 0.25) is 0 Å². The van der Waals surface area contributed by atoms with Gasteiger partial charge in [-0.05, 0) is 132 Å². The van der Waals surface area contributed by atoms with Crippen molar-refractivity contribution >= 4 is 33.4 Å². The lowest BCUT2D eigenvalue weighted by atomic mass is 9.43. The summed E-state index contributed by atoms with van der Waals surface area (Å²) in [4.78, 5) is 0. The van der Waals surface area contributed by atoms with Crippen molar-refractivity contribution in [3.63, 3.8) is 0 Å². The van der Waals surface area contributed by atoms with Crippen LogP contribution in [0.25, 0.3) is 49.7 Å². The first kappa shape index (κ1) is 23.7. The molecule has 0 atom stereocenters. The Morgan fingerprint density at radius 2 is 1.10 bits per heavy atom. The standard InChI is InChI=1S/C40H32ClN/c41-30-12-9-26(10-13-30)27-11-15-32-33-16-14-31(42-38-7-3-1-5-34(38)35-6-2-4-8-39(35)42)23-37(33)40(36(32)22-27)28-18-24-17-25(20-28)21-29(40)19-24/h1-16,22-25,28-29H,17-21H2. The topological polar surface area (TPSA) is 4.93 Å². The van der Waals surface area contributed by atoms with Crippen molar-refractivity contribution in [3.8, 4) is 27.9 Å². The van der Waals surface area contributed by atoms with Gasteiger partial charge in [0.25, 0.3) is 0 Å². The van der Waals surface area contributed by atoms with Crippen LogP contribution in [0, 0.1) is 23.7 Å². The normalized spacial score (nSPS) is 26.8. The highest BCUT2D eigenvalue weighted by molar-refractivity contribution is 6.30. The van der Waals surface area contributed by atoms with Crippen LogP contribution in [0.2, 0.25) is 5.02 Å². The van der Waals surface area contributed by atoms with Gasteiger partial charge in [-0.3, -0.25) is 0 Å². The van der Waals surface area contributed by atoms with E-state index in [0.29, 0.717) is 0 Å². The van der Waals surface area contributed by atoms with Crippen molar-refractivity contribution in [1.82, 2.24) is 4.57 Å². The molecule has 1 aromatic heterocycles. The molecule has 0 amide bonds. The summed E-state index contributed by atoms with van der Waals surface area (Å²) in [5.41, 5.74) is 12.7. The third-order valence-electron chi connectivity index (χ3n) is 11.6. The highest BCUT2D eigenvalue weighted by Crippen LogP contribution is 2.69. The highest BCUT2D eigenvalue weighted by atomic mass is 35.5. The molecule has 204 valence electrons. The zero-order chi connectivity index (χ0) is 27.6. The maximum atomic E-state index is 6.28. The van der Waals surface area contributed by atoms with E-state index in [1.807, 2.05) is 12.1 Å². The molecule has 0 N–H and O–H groups in total. The molecule has 4 saturated carbocycles. The van der Waals surface area contributed by atoms with E-state index >= 15 is 0 Å². The lowest BCUT2D eigenvalue weighted by Crippen LogP contribution is -2.55. The Hall–Kier alpha value is -3.81. The molecule has 4 fully saturated rings.